The highest BCUT2D eigenvalue weighted by atomic mass is 19.1. The van der Waals surface area contributed by atoms with E-state index in [2.05, 4.69) is 25.6 Å². The maximum atomic E-state index is 14.3. The Kier molecular flexibility index (Phi) is 4.34. The summed E-state index contributed by atoms with van der Waals surface area (Å²) in [4.78, 5) is 35.5. The van der Waals surface area contributed by atoms with Crippen molar-refractivity contribution in [2.45, 2.75) is 13.5 Å². The highest BCUT2D eigenvalue weighted by Crippen LogP contribution is 2.33. The Morgan fingerprint density at radius 3 is 2.71 bits per heavy atom. The standard InChI is InChI=1S/C19H15F2N5O2/c1-2-22-18(27)14-8-23-17(26-14)9-6-12(16-10(20)4-3-5-11(16)21)25-13-7-24-19(28)15(9)13/h3-6,8H,2,7H2,1H3,(H,22,27)(H,23,26)(H,24,28). The van der Waals surface area contributed by atoms with Gasteiger partial charge in [-0.05, 0) is 25.1 Å². The molecule has 0 saturated heterocycles. The predicted molar refractivity (Wildman–Crippen MR) is 96.3 cm³/mol. The molecule has 0 aliphatic carbocycles. The van der Waals surface area contributed by atoms with E-state index in [0.717, 1.165) is 12.1 Å². The highest BCUT2D eigenvalue weighted by molar-refractivity contribution is 6.04. The number of pyridine rings is 1. The molecule has 3 N–H and O–H groups in total. The molecule has 0 fully saturated rings. The van der Waals surface area contributed by atoms with Gasteiger partial charge < -0.3 is 15.6 Å². The van der Waals surface area contributed by atoms with Gasteiger partial charge in [0.1, 0.15) is 23.2 Å². The van der Waals surface area contributed by atoms with Crippen LogP contribution in [0.25, 0.3) is 22.6 Å². The number of rotatable bonds is 4. The molecule has 3 aromatic rings. The minimum atomic E-state index is -0.766. The minimum absolute atomic E-state index is 0.0387. The average Bonchev–Trinajstić information content (AvgIpc) is 3.29. The van der Waals surface area contributed by atoms with Gasteiger partial charge in [-0.2, -0.15) is 0 Å². The molecule has 3 heterocycles. The van der Waals surface area contributed by atoms with Crippen LogP contribution in [0.2, 0.25) is 0 Å². The van der Waals surface area contributed by atoms with Crippen molar-refractivity contribution in [1.82, 2.24) is 25.6 Å². The first-order chi connectivity index (χ1) is 13.5. The number of imidazole rings is 1. The van der Waals surface area contributed by atoms with E-state index in [9.17, 15) is 18.4 Å². The SMILES string of the molecule is CCNC(=O)c1cnc(-c2cc(-c3c(F)cccc3F)nc3c2C(=O)NC3)[nH]1. The van der Waals surface area contributed by atoms with Crippen LogP contribution in [0, 0.1) is 11.6 Å². The molecule has 1 aliphatic heterocycles. The number of aromatic amines is 1. The Hall–Kier alpha value is -3.62. The zero-order valence-electron chi connectivity index (χ0n) is 14.8. The molecule has 7 nitrogen and oxygen atoms in total. The van der Waals surface area contributed by atoms with E-state index in [4.69, 9.17) is 0 Å². The lowest BCUT2D eigenvalue weighted by molar-refractivity contribution is 0.0948. The Balaban J connectivity index is 1.89. The van der Waals surface area contributed by atoms with E-state index in [0.29, 0.717) is 17.8 Å². The Labute approximate surface area is 158 Å². The summed E-state index contributed by atoms with van der Waals surface area (Å²) in [5.41, 5.74) is 0.888. The smallest absolute Gasteiger partial charge is 0.269 e. The molecule has 0 saturated carbocycles. The monoisotopic (exact) mass is 383 g/mol. The van der Waals surface area contributed by atoms with Crippen LogP contribution < -0.4 is 10.6 Å². The number of H-pyrrole nitrogens is 1. The highest BCUT2D eigenvalue weighted by Gasteiger charge is 2.28. The normalized spacial score (nSPS) is 12.6. The van der Waals surface area contributed by atoms with Crippen molar-refractivity contribution in [2.24, 2.45) is 0 Å². The fraction of sp³-hybridized carbons (Fsp3) is 0.158. The lowest BCUT2D eigenvalue weighted by atomic mass is 10.0. The van der Waals surface area contributed by atoms with E-state index in [1.807, 2.05) is 0 Å². The fourth-order valence-electron chi connectivity index (χ4n) is 3.12. The van der Waals surface area contributed by atoms with E-state index >= 15 is 0 Å². The molecular weight excluding hydrogens is 368 g/mol. The number of nitrogens with one attached hydrogen (secondary N) is 3. The molecule has 2 aromatic heterocycles. The van der Waals surface area contributed by atoms with Gasteiger partial charge in [0, 0.05) is 12.1 Å². The van der Waals surface area contributed by atoms with Gasteiger partial charge >= 0.3 is 0 Å². The van der Waals surface area contributed by atoms with Crippen molar-refractivity contribution in [3.8, 4) is 22.6 Å². The van der Waals surface area contributed by atoms with E-state index < -0.39 is 11.6 Å². The Morgan fingerprint density at radius 1 is 1.25 bits per heavy atom. The number of benzene rings is 1. The summed E-state index contributed by atoms with van der Waals surface area (Å²) < 4.78 is 28.5. The number of aromatic nitrogens is 3. The molecule has 1 aromatic carbocycles. The number of carbonyl (C=O) groups is 2. The van der Waals surface area contributed by atoms with Crippen molar-refractivity contribution >= 4 is 11.8 Å². The molecule has 0 atom stereocenters. The van der Waals surface area contributed by atoms with Crippen molar-refractivity contribution in [3.63, 3.8) is 0 Å². The number of fused-ring (bicyclic) bond motifs is 1. The number of halogens is 2. The van der Waals surface area contributed by atoms with Crippen LogP contribution in [0.1, 0.15) is 33.5 Å². The topological polar surface area (TPSA) is 99.8 Å². The molecule has 0 radical (unpaired) electrons. The first-order valence-corrected chi connectivity index (χ1v) is 8.59. The summed E-state index contributed by atoms with van der Waals surface area (Å²) in [7, 11) is 0. The van der Waals surface area contributed by atoms with Gasteiger partial charge in [0.25, 0.3) is 11.8 Å². The van der Waals surface area contributed by atoms with Gasteiger partial charge in [0.2, 0.25) is 0 Å². The molecule has 2 amide bonds. The summed E-state index contributed by atoms with van der Waals surface area (Å²) in [6, 6.07) is 4.93. The third-order valence-corrected chi connectivity index (χ3v) is 4.37. The van der Waals surface area contributed by atoms with Crippen LogP contribution >= 0.6 is 0 Å². The molecule has 0 unspecified atom stereocenters. The molecule has 0 bridgehead atoms. The second kappa shape index (κ2) is 6.84. The zero-order chi connectivity index (χ0) is 19.8. The second-order valence-electron chi connectivity index (χ2n) is 6.16. The van der Waals surface area contributed by atoms with Crippen molar-refractivity contribution in [1.29, 1.82) is 0 Å². The molecule has 142 valence electrons. The van der Waals surface area contributed by atoms with Crippen molar-refractivity contribution in [2.75, 3.05) is 6.54 Å². The maximum absolute atomic E-state index is 14.3. The van der Waals surface area contributed by atoms with Crippen molar-refractivity contribution < 1.29 is 18.4 Å². The van der Waals surface area contributed by atoms with Crippen molar-refractivity contribution in [3.05, 3.63) is 59.0 Å². The van der Waals surface area contributed by atoms with Gasteiger partial charge in [-0.25, -0.2) is 18.7 Å². The van der Waals surface area contributed by atoms with Gasteiger partial charge in [-0.1, -0.05) is 6.07 Å². The zero-order valence-corrected chi connectivity index (χ0v) is 14.8. The number of carbonyl (C=O) groups excluding carboxylic acids is 2. The third-order valence-electron chi connectivity index (χ3n) is 4.37. The summed E-state index contributed by atoms with van der Waals surface area (Å²) in [6.45, 7) is 2.36. The van der Waals surface area contributed by atoms with Crippen LogP contribution in [0.3, 0.4) is 0 Å². The van der Waals surface area contributed by atoms with Crippen LogP contribution in [-0.4, -0.2) is 33.3 Å². The Bertz CT molecular complexity index is 1090. The first kappa shape index (κ1) is 17.8. The molecule has 4 rings (SSSR count). The van der Waals surface area contributed by atoms with Gasteiger partial charge in [-0.15, -0.1) is 0 Å². The minimum Gasteiger partial charge on any atom is -0.351 e. The van der Waals surface area contributed by atoms with Gasteiger partial charge in [0.15, 0.2) is 0 Å². The summed E-state index contributed by atoms with van der Waals surface area (Å²) >= 11 is 0. The van der Waals surface area contributed by atoms with Crippen LogP contribution in [0.5, 0.6) is 0 Å². The average molecular weight is 383 g/mol. The molecule has 28 heavy (non-hydrogen) atoms. The van der Waals surface area contributed by atoms with Gasteiger partial charge in [-0.3, -0.25) is 9.59 Å². The molecular formula is C19H15F2N5O2. The van der Waals surface area contributed by atoms with Crippen LogP contribution in [0.4, 0.5) is 8.78 Å². The number of nitrogens with zero attached hydrogens (tertiary/aromatic N) is 2. The quantitative estimate of drug-likeness (QED) is 0.644. The number of hydrogen-bond donors (Lipinski definition) is 3. The fourth-order valence-corrected chi connectivity index (χ4v) is 3.12. The summed E-state index contributed by atoms with van der Waals surface area (Å²) in [5.74, 6) is -2.02. The lowest BCUT2D eigenvalue weighted by Gasteiger charge is -2.10. The third kappa shape index (κ3) is 2.90. The van der Waals surface area contributed by atoms with E-state index in [1.165, 1.54) is 18.3 Å². The lowest BCUT2D eigenvalue weighted by Crippen LogP contribution is -2.22. The molecule has 1 aliphatic rings. The Morgan fingerprint density at radius 2 is 2.00 bits per heavy atom. The number of hydrogen-bond acceptors (Lipinski definition) is 4. The second-order valence-corrected chi connectivity index (χ2v) is 6.16. The van der Waals surface area contributed by atoms with Crippen LogP contribution in [0.15, 0.2) is 30.5 Å². The van der Waals surface area contributed by atoms with Crippen LogP contribution in [-0.2, 0) is 6.54 Å². The summed E-state index contributed by atoms with van der Waals surface area (Å²) in [5, 5.41) is 5.28. The largest absolute Gasteiger partial charge is 0.351 e. The summed E-state index contributed by atoms with van der Waals surface area (Å²) in [6.07, 6.45) is 1.34. The molecule has 9 heteroatoms. The van der Waals surface area contributed by atoms with E-state index in [1.54, 1.807) is 6.92 Å². The maximum Gasteiger partial charge on any atom is 0.269 e. The predicted octanol–water partition coefficient (Wildman–Crippen LogP) is 2.41. The van der Waals surface area contributed by atoms with Gasteiger partial charge in [0.05, 0.1) is 35.3 Å². The van der Waals surface area contributed by atoms with E-state index in [-0.39, 0.29) is 46.7 Å². The first-order valence-electron chi connectivity index (χ1n) is 8.59. The molecule has 0 spiro atoms. The number of amides is 2.